The zero-order valence-electron chi connectivity index (χ0n) is 18.9. The first-order valence-corrected chi connectivity index (χ1v) is 11.7. The lowest BCUT2D eigenvalue weighted by molar-refractivity contribution is 0.287. The topological polar surface area (TPSA) is 92.3 Å². The lowest BCUT2D eigenvalue weighted by Gasteiger charge is -2.20. The average molecular weight is 557 g/mol. The van der Waals surface area contributed by atoms with Crippen LogP contribution in [0.1, 0.15) is 45.7 Å². The highest BCUT2D eigenvalue weighted by molar-refractivity contribution is 14.0. The van der Waals surface area contributed by atoms with Gasteiger partial charge in [0.2, 0.25) is 10.0 Å². The minimum atomic E-state index is -3.14. The van der Waals surface area contributed by atoms with Crippen LogP contribution in [0.15, 0.2) is 23.2 Å². The van der Waals surface area contributed by atoms with Crippen molar-refractivity contribution in [3.05, 3.63) is 23.8 Å². The maximum atomic E-state index is 11.8. The van der Waals surface area contributed by atoms with Crippen molar-refractivity contribution in [2.45, 2.75) is 40.2 Å². The van der Waals surface area contributed by atoms with Gasteiger partial charge in [0.15, 0.2) is 17.5 Å². The van der Waals surface area contributed by atoms with Crippen molar-refractivity contribution in [3.63, 3.8) is 0 Å². The molecule has 1 unspecified atom stereocenters. The van der Waals surface area contributed by atoms with Crippen molar-refractivity contribution in [1.29, 1.82) is 0 Å². The summed E-state index contributed by atoms with van der Waals surface area (Å²) in [4.78, 5) is 4.25. The fourth-order valence-corrected chi connectivity index (χ4v) is 3.54. The van der Waals surface area contributed by atoms with E-state index in [2.05, 4.69) is 15.6 Å². The SMILES string of the molecule is CCOc1ccc(C(C)NC(=NC)NCCCN(C)S(=O)(=O)CC)cc1OCC.I. The Morgan fingerprint density at radius 2 is 1.80 bits per heavy atom. The van der Waals surface area contributed by atoms with E-state index in [1.54, 1.807) is 21.0 Å². The summed E-state index contributed by atoms with van der Waals surface area (Å²) in [6.07, 6.45) is 0.683. The minimum Gasteiger partial charge on any atom is -0.490 e. The van der Waals surface area contributed by atoms with Gasteiger partial charge >= 0.3 is 0 Å². The summed E-state index contributed by atoms with van der Waals surface area (Å²) in [6, 6.07) is 5.90. The second kappa shape index (κ2) is 14.7. The molecule has 0 spiro atoms. The molecule has 0 aromatic heterocycles. The Morgan fingerprint density at radius 1 is 1.17 bits per heavy atom. The van der Waals surface area contributed by atoms with Crippen molar-refractivity contribution in [1.82, 2.24) is 14.9 Å². The molecule has 1 rings (SSSR count). The lowest BCUT2D eigenvalue weighted by Crippen LogP contribution is -2.40. The Hall–Kier alpha value is -1.27. The predicted octanol–water partition coefficient (Wildman–Crippen LogP) is 3.00. The fraction of sp³-hybridized carbons (Fsp3) is 0.650. The molecule has 0 aliphatic carbocycles. The molecule has 10 heteroatoms. The number of aliphatic imine (C=N–C) groups is 1. The van der Waals surface area contributed by atoms with Crippen LogP contribution >= 0.6 is 24.0 Å². The Labute approximate surface area is 198 Å². The summed E-state index contributed by atoms with van der Waals surface area (Å²) in [5.74, 6) is 2.23. The third-order valence-electron chi connectivity index (χ3n) is 4.43. The van der Waals surface area contributed by atoms with Gasteiger partial charge in [-0.25, -0.2) is 12.7 Å². The molecule has 0 heterocycles. The number of benzene rings is 1. The van der Waals surface area contributed by atoms with E-state index < -0.39 is 10.0 Å². The molecule has 0 fully saturated rings. The molecule has 1 aromatic carbocycles. The van der Waals surface area contributed by atoms with E-state index in [0.29, 0.717) is 38.7 Å². The summed E-state index contributed by atoms with van der Waals surface area (Å²) in [5.41, 5.74) is 1.05. The van der Waals surface area contributed by atoms with E-state index >= 15 is 0 Å². The standard InChI is InChI=1S/C20H36N4O4S.HI/c1-7-27-18-12-11-17(15-19(18)28-8-2)16(4)23-20(21-5)22-13-10-14-24(6)29(25,26)9-3;/h11-12,15-16H,7-10,13-14H2,1-6H3,(H2,21,22,23);1H. The summed E-state index contributed by atoms with van der Waals surface area (Å²) >= 11 is 0. The number of hydrogen-bond donors (Lipinski definition) is 2. The van der Waals surface area contributed by atoms with E-state index in [9.17, 15) is 8.42 Å². The van der Waals surface area contributed by atoms with Gasteiger partial charge in [0, 0.05) is 27.2 Å². The van der Waals surface area contributed by atoms with Gasteiger partial charge in [-0.1, -0.05) is 6.07 Å². The summed E-state index contributed by atoms with van der Waals surface area (Å²) in [6.45, 7) is 9.80. The first-order chi connectivity index (χ1) is 13.8. The van der Waals surface area contributed by atoms with Gasteiger partial charge in [0.1, 0.15) is 0 Å². The molecule has 0 saturated heterocycles. The van der Waals surface area contributed by atoms with E-state index in [0.717, 1.165) is 17.1 Å². The number of nitrogens with zero attached hydrogens (tertiary/aromatic N) is 2. The molecular formula is C20H37IN4O4S. The van der Waals surface area contributed by atoms with Crippen LogP contribution in [0, 0.1) is 0 Å². The molecule has 1 aromatic rings. The lowest BCUT2D eigenvalue weighted by atomic mass is 10.1. The molecule has 0 saturated carbocycles. The normalized spacial score (nSPS) is 12.8. The number of nitrogens with one attached hydrogen (secondary N) is 2. The Balaban J connectivity index is 0.00000841. The van der Waals surface area contributed by atoms with E-state index in [1.807, 2.05) is 39.0 Å². The van der Waals surface area contributed by atoms with Crippen LogP contribution in [0.2, 0.25) is 0 Å². The Bertz CT molecular complexity index is 759. The van der Waals surface area contributed by atoms with Gasteiger partial charge in [0.05, 0.1) is 25.0 Å². The van der Waals surface area contributed by atoms with Crippen molar-refractivity contribution >= 4 is 40.0 Å². The van der Waals surface area contributed by atoms with Gasteiger partial charge in [-0.3, -0.25) is 4.99 Å². The predicted molar refractivity (Wildman–Crippen MR) is 134 cm³/mol. The highest BCUT2D eigenvalue weighted by atomic mass is 127. The van der Waals surface area contributed by atoms with Gasteiger partial charge in [-0.15, -0.1) is 24.0 Å². The molecule has 0 radical (unpaired) electrons. The third-order valence-corrected chi connectivity index (χ3v) is 6.29. The van der Waals surface area contributed by atoms with Crippen LogP contribution in [-0.4, -0.2) is 64.8 Å². The van der Waals surface area contributed by atoms with E-state index in [4.69, 9.17) is 9.47 Å². The number of halogens is 1. The number of guanidine groups is 1. The molecule has 0 bridgehead atoms. The number of sulfonamides is 1. The van der Waals surface area contributed by atoms with Crippen molar-refractivity contribution in [3.8, 4) is 11.5 Å². The molecule has 0 amide bonds. The third kappa shape index (κ3) is 9.25. The second-order valence-electron chi connectivity index (χ2n) is 6.51. The number of hydrogen-bond acceptors (Lipinski definition) is 5. The monoisotopic (exact) mass is 556 g/mol. The van der Waals surface area contributed by atoms with Gasteiger partial charge in [-0.05, 0) is 51.8 Å². The smallest absolute Gasteiger partial charge is 0.213 e. The van der Waals surface area contributed by atoms with Crippen LogP contribution in [0.25, 0.3) is 0 Å². The quantitative estimate of drug-likeness (QED) is 0.178. The fourth-order valence-electron chi connectivity index (χ4n) is 2.69. The molecule has 0 aliphatic heterocycles. The summed E-state index contributed by atoms with van der Waals surface area (Å²) < 4.78 is 36.3. The van der Waals surface area contributed by atoms with Crippen molar-refractivity contribution in [2.75, 3.05) is 46.2 Å². The van der Waals surface area contributed by atoms with E-state index in [-0.39, 0.29) is 35.8 Å². The highest BCUT2D eigenvalue weighted by Gasteiger charge is 2.15. The second-order valence-corrected chi connectivity index (χ2v) is 8.88. The summed E-state index contributed by atoms with van der Waals surface area (Å²) in [7, 11) is 0.176. The molecule has 0 aliphatic rings. The van der Waals surface area contributed by atoms with Crippen LogP contribution in [0.4, 0.5) is 0 Å². The summed E-state index contributed by atoms with van der Waals surface area (Å²) in [5, 5.41) is 6.57. The zero-order valence-corrected chi connectivity index (χ0v) is 22.0. The van der Waals surface area contributed by atoms with Gasteiger partial charge in [0.25, 0.3) is 0 Å². The molecular weight excluding hydrogens is 519 g/mol. The van der Waals surface area contributed by atoms with Crippen LogP contribution in [0.5, 0.6) is 11.5 Å². The van der Waals surface area contributed by atoms with Crippen LogP contribution in [-0.2, 0) is 10.0 Å². The Morgan fingerprint density at radius 3 is 2.37 bits per heavy atom. The van der Waals surface area contributed by atoms with Crippen molar-refractivity contribution < 1.29 is 17.9 Å². The van der Waals surface area contributed by atoms with E-state index in [1.165, 1.54) is 4.31 Å². The van der Waals surface area contributed by atoms with Gasteiger partial charge in [-0.2, -0.15) is 0 Å². The Kier molecular flexibility index (Phi) is 14.1. The maximum absolute atomic E-state index is 11.8. The number of ether oxygens (including phenoxy) is 2. The van der Waals surface area contributed by atoms with Crippen LogP contribution in [0.3, 0.4) is 0 Å². The maximum Gasteiger partial charge on any atom is 0.213 e. The zero-order chi connectivity index (χ0) is 21.9. The first-order valence-electron chi connectivity index (χ1n) is 10.1. The molecule has 174 valence electrons. The minimum absolute atomic E-state index is 0. The van der Waals surface area contributed by atoms with Crippen molar-refractivity contribution in [2.24, 2.45) is 4.99 Å². The largest absolute Gasteiger partial charge is 0.490 e. The van der Waals surface area contributed by atoms with Gasteiger partial charge < -0.3 is 20.1 Å². The number of rotatable bonds is 12. The first kappa shape index (κ1) is 28.7. The van der Waals surface area contributed by atoms with Crippen LogP contribution < -0.4 is 20.1 Å². The molecule has 2 N–H and O–H groups in total. The molecule has 8 nitrogen and oxygen atoms in total. The highest BCUT2D eigenvalue weighted by Crippen LogP contribution is 2.30. The molecule has 30 heavy (non-hydrogen) atoms. The average Bonchev–Trinajstić information content (AvgIpc) is 2.71. The molecule has 1 atom stereocenters.